The van der Waals surface area contributed by atoms with Crippen LogP contribution in [0.3, 0.4) is 0 Å². The molecular weight excluding hydrogens is 282 g/mol. The van der Waals surface area contributed by atoms with Gasteiger partial charge in [0.2, 0.25) is 0 Å². The van der Waals surface area contributed by atoms with Gasteiger partial charge in [-0.1, -0.05) is 0 Å². The van der Waals surface area contributed by atoms with Gasteiger partial charge in [0.1, 0.15) is 18.3 Å². The van der Waals surface area contributed by atoms with E-state index < -0.39 is 0 Å². The maximum Gasteiger partial charge on any atom is 0.338 e. The van der Waals surface area contributed by atoms with Gasteiger partial charge in [0, 0.05) is 12.5 Å². The second-order valence-electron chi connectivity index (χ2n) is 5.90. The van der Waals surface area contributed by atoms with Crippen LogP contribution < -0.4 is 0 Å². The average Bonchev–Trinajstić information content (AvgIpc) is 3.03. The zero-order valence-corrected chi connectivity index (χ0v) is 12.1. The molecule has 2 fully saturated rings. The first-order chi connectivity index (χ1) is 10.8. The van der Waals surface area contributed by atoms with Gasteiger partial charge >= 0.3 is 5.97 Å². The molecule has 2 aromatic rings. The highest BCUT2D eigenvalue weighted by Crippen LogP contribution is 2.49. The first kappa shape index (κ1) is 13.5. The number of benzene rings is 1. The zero-order valence-electron chi connectivity index (χ0n) is 12.1. The lowest BCUT2D eigenvalue weighted by molar-refractivity contribution is 0.000838. The number of aromatic nitrogens is 3. The Kier molecular flexibility index (Phi) is 3.18. The first-order valence-corrected chi connectivity index (χ1v) is 7.53. The highest BCUT2D eigenvalue weighted by molar-refractivity contribution is 5.90. The molecule has 0 spiro atoms. The molecule has 1 aliphatic heterocycles. The number of hydrogen-bond donors (Lipinski definition) is 0. The van der Waals surface area contributed by atoms with Crippen LogP contribution >= 0.6 is 0 Å². The monoisotopic (exact) mass is 299 g/mol. The molecule has 4 rings (SSSR count). The fourth-order valence-corrected chi connectivity index (χ4v) is 3.00. The molecule has 0 radical (unpaired) electrons. The summed E-state index contributed by atoms with van der Waals surface area (Å²) in [7, 11) is 0. The van der Waals surface area contributed by atoms with Crippen molar-refractivity contribution in [2.24, 2.45) is 5.92 Å². The Morgan fingerprint density at radius 1 is 1.32 bits per heavy atom. The van der Waals surface area contributed by atoms with Gasteiger partial charge in [0.05, 0.1) is 17.9 Å². The Balaban J connectivity index is 1.46. The van der Waals surface area contributed by atoms with Crippen LogP contribution in [0.2, 0.25) is 0 Å². The van der Waals surface area contributed by atoms with E-state index in [1.807, 2.05) is 12.1 Å². The van der Waals surface area contributed by atoms with E-state index in [4.69, 9.17) is 9.47 Å². The predicted octanol–water partition coefficient (Wildman–Crippen LogP) is 1.99. The van der Waals surface area contributed by atoms with Crippen molar-refractivity contribution in [3.8, 4) is 5.69 Å². The van der Waals surface area contributed by atoms with Crippen molar-refractivity contribution < 1.29 is 14.3 Å². The summed E-state index contributed by atoms with van der Waals surface area (Å²) >= 11 is 0. The minimum Gasteiger partial charge on any atom is -0.455 e. The number of nitrogens with zero attached hydrogens (tertiary/aromatic N) is 3. The molecule has 0 N–H and O–H groups in total. The van der Waals surface area contributed by atoms with Crippen molar-refractivity contribution in [2.75, 3.05) is 13.2 Å². The van der Waals surface area contributed by atoms with Crippen LogP contribution in [0.1, 0.15) is 29.6 Å². The fourth-order valence-electron chi connectivity index (χ4n) is 3.00. The summed E-state index contributed by atoms with van der Waals surface area (Å²) in [6.07, 6.45) is 5.97. The summed E-state index contributed by atoms with van der Waals surface area (Å²) in [5.74, 6) is 0.0976. The molecule has 1 saturated heterocycles. The molecule has 1 atom stereocenters. The Morgan fingerprint density at radius 3 is 2.73 bits per heavy atom. The topological polar surface area (TPSA) is 66.2 Å². The number of carbonyl (C=O) groups excluding carboxylic acids is 1. The molecule has 2 heterocycles. The van der Waals surface area contributed by atoms with E-state index in [-0.39, 0.29) is 11.6 Å². The lowest BCUT2D eigenvalue weighted by Gasteiger charge is -2.22. The molecule has 2 aliphatic rings. The highest BCUT2D eigenvalue weighted by Gasteiger charge is 2.54. The Labute approximate surface area is 128 Å². The number of ether oxygens (including phenoxy) is 2. The van der Waals surface area contributed by atoms with Gasteiger partial charge in [-0.2, -0.15) is 5.10 Å². The number of carbonyl (C=O) groups is 1. The van der Waals surface area contributed by atoms with E-state index >= 15 is 0 Å². The van der Waals surface area contributed by atoms with E-state index in [2.05, 4.69) is 10.1 Å². The quantitative estimate of drug-likeness (QED) is 0.808. The SMILES string of the molecule is O=C(OC1([C@H]2CCOC2)CC1)c1ccc(-n2cncn2)cc1. The molecule has 6 heteroatoms. The number of rotatable bonds is 4. The highest BCUT2D eigenvalue weighted by atomic mass is 16.6. The van der Waals surface area contributed by atoms with Crippen molar-refractivity contribution in [3.05, 3.63) is 42.5 Å². The molecule has 1 aromatic carbocycles. The van der Waals surface area contributed by atoms with Crippen LogP contribution in [-0.2, 0) is 9.47 Å². The van der Waals surface area contributed by atoms with Gasteiger partial charge in [0.15, 0.2) is 0 Å². The Bertz CT molecular complexity index is 656. The molecule has 1 aromatic heterocycles. The maximum atomic E-state index is 12.4. The average molecular weight is 299 g/mol. The third-order valence-electron chi connectivity index (χ3n) is 4.50. The summed E-state index contributed by atoms with van der Waals surface area (Å²) in [5.41, 5.74) is 1.14. The summed E-state index contributed by atoms with van der Waals surface area (Å²) < 4.78 is 12.9. The van der Waals surface area contributed by atoms with E-state index in [0.29, 0.717) is 18.1 Å². The Morgan fingerprint density at radius 2 is 2.14 bits per heavy atom. The van der Waals surface area contributed by atoms with Crippen molar-refractivity contribution in [3.63, 3.8) is 0 Å². The molecule has 0 bridgehead atoms. The summed E-state index contributed by atoms with van der Waals surface area (Å²) in [6.45, 7) is 1.48. The summed E-state index contributed by atoms with van der Waals surface area (Å²) in [4.78, 5) is 16.3. The minimum atomic E-state index is -0.280. The third-order valence-corrected chi connectivity index (χ3v) is 4.50. The van der Waals surface area contributed by atoms with Gasteiger partial charge in [-0.25, -0.2) is 14.5 Å². The second-order valence-corrected chi connectivity index (χ2v) is 5.90. The van der Waals surface area contributed by atoms with Crippen molar-refractivity contribution in [1.82, 2.24) is 14.8 Å². The summed E-state index contributed by atoms with van der Waals surface area (Å²) in [5, 5.41) is 4.06. The zero-order chi connectivity index (χ0) is 15.0. The maximum absolute atomic E-state index is 12.4. The van der Waals surface area contributed by atoms with E-state index in [1.165, 1.54) is 6.33 Å². The van der Waals surface area contributed by atoms with Gasteiger partial charge in [-0.3, -0.25) is 0 Å². The van der Waals surface area contributed by atoms with Crippen molar-refractivity contribution in [1.29, 1.82) is 0 Å². The van der Waals surface area contributed by atoms with Crippen LogP contribution in [-0.4, -0.2) is 39.5 Å². The second kappa shape index (κ2) is 5.21. The normalized spacial score (nSPS) is 22.5. The van der Waals surface area contributed by atoms with Gasteiger partial charge < -0.3 is 9.47 Å². The first-order valence-electron chi connectivity index (χ1n) is 7.53. The molecule has 0 unspecified atom stereocenters. The molecule has 1 saturated carbocycles. The molecule has 114 valence electrons. The lowest BCUT2D eigenvalue weighted by atomic mass is 9.99. The molecular formula is C16H17N3O3. The minimum absolute atomic E-state index is 0.255. The van der Waals surface area contributed by atoms with Crippen molar-refractivity contribution >= 4 is 5.97 Å². The van der Waals surface area contributed by atoms with Gasteiger partial charge in [-0.15, -0.1) is 0 Å². The van der Waals surface area contributed by atoms with E-state index in [0.717, 1.165) is 31.6 Å². The van der Waals surface area contributed by atoms with Crippen LogP contribution in [0.5, 0.6) is 0 Å². The fraction of sp³-hybridized carbons (Fsp3) is 0.438. The van der Waals surface area contributed by atoms with Crippen LogP contribution in [0.15, 0.2) is 36.9 Å². The largest absolute Gasteiger partial charge is 0.455 e. The third kappa shape index (κ3) is 2.39. The molecule has 1 aliphatic carbocycles. The Hall–Kier alpha value is -2.21. The van der Waals surface area contributed by atoms with E-state index in [9.17, 15) is 4.79 Å². The van der Waals surface area contributed by atoms with Gasteiger partial charge in [-0.05, 0) is 43.5 Å². The molecule has 22 heavy (non-hydrogen) atoms. The standard InChI is InChI=1S/C16H17N3O3/c20-15(22-16(6-7-16)13-5-8-21-9-13)12-1-3-14(4-2-12)19-11-17-10-18-19/h1-4,10-11,13H,5-9H2/t13-/m0/s1. The van der Waals surface area contributed by atoms with Gasteiger partial charge in [0.25, 0.3) is 0 Å². The summed E-state index contributed by atoms with van der Waals surface area (Å²) in [6, 6.07) is 7.20. The van der Waals surface area contributed by atoms with Crippen molar-refractivity contribution in [2.45, 2.75) is 24.9 Å². The van der Waals surface area contributed by atoms with Crippen LogP contribution in [0.25, 0.3) is 5.69 Å². The number of hydrogen-bond acceptors (Lipinski definition) is 5. The van der Waals surface area contributed by atoms with Crippen LogP contribution in [0, 0.1) is 5.92 Å². The molecule has 6 nitrogen and oxygen atoms in total. The smallest absolute Gasteiger partial charge is 0.338 e. The number of esters is 1. The predicted molar refractivity (Wildman–Crippen MR) is 77.7 cm³/mol. The lowest BCUT2D eigenvalue weighted by Crippen LogP contribution is -2.29. The molecule has 0 amide bonds. The van der Waals surface area contributed by atoms with E-state index in [1.54, 1.807) is 23.1 Å². The van der Waals surface area contributed by atoms with Crippen LogP contribution in [0.4, 0.5) is 0 Å².